The first-order valence-electron chi connectivity index (χ1n) is 38.7. The Bertz CT molecular complexity index is 6730. The van der Waals surface area contributed by atoms with Crippen LogP contribution in [0.4, 0.5) is 0 Å². The van der Waals surface area contributed by atoms with Gasteiger partial charge in [-0.15, -0.1) is 0 Å². The molecule has 0 radical (unpaired) electrons. The zero-order chi connectivity index (χ0) is 77.6. The molecule has 1 aliphatic rings. The second kappa shape index (κ2) is 32.0. The number of aromatic nitrogens is 4. The summed E-state index contributed by atoms with van der Waals surface area (Å²) in [6, 6.07) is 110. The predicted octanol–water partition coefficient (Wildman–Crippen LogP) is 25.5. The Labute approximate surface area is 668 Å². The van der Waals surface area contributed by atoms with Gasteiger partial charge in [0, 0.05) is 103 Å². The summed E-state index contributed by atoms with van der Waals surface area (Å²) in [7, 11) is 0. The highest BCUT2D eigenvalue weighted by atomic mass is 14.8. The van der Waals surface area contributed by atoms with Crippen LogP contribution in [0.5, 0.6) is 0 Å². The Kier molecular flexibility index (Phi) is 20.3. The van der Waals surface area contributed by atoms with Gasteiger partial charge in [-0.3, -0.25) is 19.9 Å². The molecule has 0 bridgehead atoms. The summed E-state index contributed by atoms with van der Waals surface area (Å²) in [5, 5.41) is 7.19. The molecular formula is C110H78N4. The standard InChI is InChI=1S/C110H78N4/c1-72-17-31-79(32-18-72)41-57-97-106(84-45-23-75(4)24-46-84)98(58-42-80-33-19-73(2)20-34-80)108(86-49-27-77(6)28-50-86)100(109(87-51-29-78(7)30-52-87)99(59-43-81-35-21-74(3)22-36-81)107(97)85-47-25-76(5)26-48-85)60-44-82-37-39-83(40-38-82)67-90-13-12-66-112-110(90)105-64-56-92(71-114-105)89-54-62-96-95-61-53-88(68-101(95)93-14-8-9-15-94(93)102(96)69-89)91-55-63-104(113-70-91)103-16-10-11-65-111-103/h8-40,45-56,61-66,68-71H,67H2,1-7H3/b106-97?,106-98?,107-97?,107-99?,108-98-,108-100?,109-99?,109-100-. The highest BCUT2D eigenvalue weighted by molar-refractivity contribution is 6.26. The van der Waals surface area contributed by atoms with E-state index in [0.29, 0.717) is 6.42 Å². The molecule has 4 aromatic heterocycles. The Morgan fingerprint density at radius 1 is 0.219 bits per heavy atom. The lowest BCUT2D eigenvalue weighted by atomic mass is 9.74. The molecule has 0 saturated carbocycles. The van der Waals surface area contributed by atoms with Gasteiger partial charge >= 0.3 is 0 Å². The molecule has 16 aromatic rings. The van der Waals surface area contributed by atoms with Gasteiger partial charge in [0.15, 0.2) is 0 Å². The van der Waals surface area contributed by atoms with E-state index in [4.69, 9.17) is 15.0 Å². The van der Waals surface area contributed by atoms with Gasteiger partial charge in [-0.05, 0) is 223 Å². The summed E-state index contributed by atoms with van der Waals surface area (Å²) in [4.78, 5) is 19.5. The number of aryl methyl sites for hydroxylation is 7. The van der Waals surface area contributed by atoms with E-state index in [1.54, 1.807) is 6.20 Å². The monoisotopic (exact) mass is 1450 g/mol. The number of nitrogens with zero attached hydrogens (tertiary/aromatic N) is 4. The van der Waals surface area contributed by atoms with Crippen LogP contribution in [0.25, 0.3) is 99.6 Å². The van der Waals surface area contributed by atoms with Crippen molar-refractivity contribution in [3.8, 4) is 92.4 Å². The summed E-state index contributed by atoms with van der Waals surface area (Å²) in [5.41, 5.74) is 31.6. The molecule has 0 aliphatic heterocycles. The van der Waals surface area contributed by atoms with E-state index in [-0.39, 0.29) is 0 Å². The van der Waals surface area contributed by atoms with Crippen molar-refractivity contribution in [2.45, 2.75) is 54.9 Å². The van der Waals surface area contributed by atoms with Crippen LogP contribution in [0.2, 0.25) is 0 Å². The molecule has 12 aromatic carbocycles. The molecule has 4 heteroatoms. The third-order valence-corrected chi connectivity index (χ3v) is 21.3. The van der Waals surface area contributed by atoms with Crippen molar-refractivity contribution in [1.82, 2.24) is 19.9 Å². The summed E-state index contributed by atoms with van der Waals surface area (Å²) < 4.78 is 0. The van der Waals surface area contributed by atoms with E-state index in [0.717, 1.165) is 184 Å². The molecular weight excluding hydrogens is 1380 g/mol. The van der Waals surface area contributed by atoms with Crippen LogP contribution in [-0.2, 0) is 6.42 Å². The fraction of sp³-hybridized carbons (Fsp3) is 0.0727. The maximum absolute atomic E-state index is 5.16. The first-order valence-corrected chi connectivity index (χ1v) is 38.7. The number of benzene rings is 12. The van der Waals surface area contributed by atoms with E-state index in [1.165, 1.54) is 32.3 Å². The van der Waals surface area contributed by atoms with Crippen LogP contribution in [0, 0.1) is 95.8 Å². The maximum atomic E-state index is 5.16. The van der Waals surface area contributed by atoms with E-state index in [1.807, 2.05) is 48.9 Å². The summed E-state index contributed by atoms with van der Waals surface area (Å²) in [5.74, 6) is 31.0. The van der Waals surface area contributed by atoms with Crippen molar-refractivity contribution in [3.05, 3.63) is 451 Å². The van der Waals surface area contributed by atoms with Crippen molar-refractivity contribution < 1.29 is 0 Å². The average molecular weight is 1460 g/mol. The van der Waals surface area contributed by atoms with Gasteiger partial charge in [-0.2, -0.15) is 0 Å². The smallest absolute Gasteiger partial charge is 0.0921 e. The topological polar surface area (TPSA) is 51.6 Å². The maximum Gasteiger partial charge on any atom is 0.0921 e. The average Bonchev–Trinajstić information content (AvgIpc) is 0.740. The fourth-order valence-corrected chi connectivity index (χ4v) is 15.0. The van der Waals surface area contributed by atoms with Crippen molar-refractivity contribution in [2.75, 3.05) is 0 Å². The third-order valence-electron chi connectivity index (χ3n) is 21.3. The molecule has 0 saturated heterocycles. The molecule has 538 valence electrons. The zero-order valence-electron chi connectivity index (χ0n) is 64.8. The second-order valence-electron chi connectivity index (χ2n) is 29.6. The quantitative estimate of drug-likeness (QED) is 0.101. The highest BCUT2D eigenvalue weighted by Gasteiger charge is 2.32. The van der Waals surface area contributed by atoms with Crippen LogP contribution in [-0.4, -0.2) is 19.9 Å². The normalized spacial score (nSPS) is 13.4. The van der Waals surface area contributed by atoms with Crippen LogP contribution >= 0.6 is 0 Å². The summed E-state index contributed by atoms with van der Waals surface area (Å²) >= 11 is 0. The van der Waals surface area contributed by atoms with Crippen molar-refractivity contribution in [1.29, 1.82) is 0 Å². The Morgan fingerprint density at radius 2 is 0.526 bits per heavy atom. The molecule has 114 heavy (non-hydrogen) atoms. The van der Waals surface area contributed by atoms with Gasteiger partial charge in [-0.25, -0.2) is 0 Å². The number of pyridine rings is 4. The molecule has 0 atom stereocenters. The molecule has 0 unspecified atom stereocenters. The molecule has 0 spiro atoms. The molecule has 0 fully saturated rings. The molecule has 0 N–H and O–H groups in total. The van der Waals surface area contributed by atoms with Gasteiger partial charge in [-0.1, -0.05) is 305 Å². The lowest BCUT2D eigenvalue weighted by Gasteiger charge is -2.27. The number of hydrogen-bond acceptors (Lipinski definition) is 4. The van der Waals surface area contributed by atoms with E-state index >= 15 is 0 Å². The van der Waals surface area contributed by atoms with E-state index in [2.05, 4.69) is 380 Å². The van der Waals surface area contributed by atoms with E-state index in [9.17, 15) is 0 Å². The Balaban J connectivity index is 0.796. The third kappa shape index (κ3) is 15.5. The summed E-state index contributed by atoms with van der Waals surface area (Å²) in [6.07, 6.45) is 8.21. The SMILES string of the molecule is Cc1ccc(C#CC2=C(c3ccc(C)cc3)/C(C#Cc3ccc(C)cc3)=C(c3ccc(C)cc3)\C(C#Cc3ccc(Cc4cccnc4-c4ccc(-c5ccc6c7ccc(-c8ccc(-c9ccccn9)nc8)cc7c7ccccc7c6c5)cn4)cc3)=C(\c3ccc(C)cc3)C(C#Cc3ccc(C)cc3)=C2c2ccc(C)cc2)cc1. The molecule has 4 nitrogen and oxygen atoms in total. The van der Waals surface area contributed by atoms with Crippen LogP contribution in [0.3, 0.4) is 0 Å². The van der Waals surface area contributed by atoms with Gasteiger partial charge in [0.25, 0.3) is 0 Å². The molecule has 0 amide bonds. The number of rotatable bonds is 10. The van der Waals surface area contributed by atoms with Gasteiger partial charge in [0.2, 0.25) is 0 Å². The van der Waals surface area contributed by atoms with Gasteiger partial charge < -0.3 is 0 Å². The largest absolute Gasteiger partial charge is 0.255 e. The first kappa shape index (κ1) is 72.1. The van der Waals surface area contributed by atoms with Crippen molar-refractivity contribution in [3.63, 3.8) is 0 Å². The summed E-state index contributed by atoms with van der Waals surface area (Å²) in [6.45, 7) is 14.9. The number of hydrogen-bond donors (Lipinski definition) is 0. The minimum Gasteiger partial charge on any atom is -0.255 e. The van der Waals surface area contributed by atoms with Gasteiger partial charge in [0.05, 0.1) is 22.8 Å². The van der Waals surface area contributed by atoms with Gasteiger partial charge in [0.1, 0.15) is 0 Å². The van der Waals surface area contributed by atoms with Crippen LogP contribution in [0.1, 0.15) is 94.6 Å². The lowest BCUT2D eigenvalue weighted by molar-refractivity contribution is 1.13. The fourth-order valence-electron chi connectivity index (χ4n) is 15.0. The van der Waals surface area contributed by atoms with Crippen molar-refractivity contribution in [2.24, 2.45) is 0 Å². The first-order chi connectivity index (χ1) is 55.8. The Morgan fingerprint density at radius 3 is 0.877 bits per heavy atom. The minimum absolute atomic E-state index is 0.619. The highest BCUT2D eigenvalue weighted by Crippen LogP contribution is 2.49. The van der Waals surface area contributed by atoms with E-state index < -0.39 is 0 Å². The second-order valence-corrected chi connectivity index (χ2v) is 29.6. The van der Waals surface area contributed by atoms with Crippen LogP contribution < -0.4 is 0 Å². The predicted molar refractivity (Wildman–Crippen MR) is 475 cm³/mol. The van der Waals surface area contributed by atoms with Crippen molar-refractivity contribution >= 4 is 54.6 Å². The molecule has 4 heterocycles. The number of allylic oxidation sites excluding steroid dienone is 8. The minimum atomic E-state index is 0.619. The Hall–Kier alpha value is -14.8. The number of fused-ring (bicyclic) bond motifs is 6. The molecule has 17 rings (SSSR count). The lowest BCUT2D eigenvalue weighted by Crippen LogP contribution is -2.10. The molecule has 1 aliphatic carbocycles. The van der Waals surface area contributed by atoms with Crippen LogP contribution in [0.15, 0.2) is 356 Å². The zero-order valence-corrected chi connectivity index (χ0v) is 64.8.